The SMILES string of the molecule is CCO[C@@H]1CCN(Cc2c(OC)cc(C)c3[nH]ccc23)[C@@H](c2ccc(C(=O)OC)cc2)C1.CCO[C@H]1CCN(Cc2c(OC)cc(C)c3[nH]ccc23)[C@H](c2ccc(C(=O)OC)cc2)C1. The first-order valence-corrected chi connectivity index (χ1v) is 22.5. The molecule has 4 aromatic carbocycles. The van der Waals surface area contributed by atoms with Crippen LogP contribution in [0, 0.1) is 13.8 Å². The molecule has 6 aromatic rings. The van der Waals surface area contributed by atoms with Gasteiger partial charge in [0, 0.05) is 96.8 Å². The number of aromatic amines is 2. The number of rotatable bonds is 14. The van der Waals surface area contributed by atoms with Gasteiger partial charge in [-0.2, -0.15) is 0 Å². The van der Waals surface area contributed by atoms with Crippen LogP contribution in [-0.4, -0.2) is 98.7 Å². The number of carbonyl (C=O) groups excluding carboxylic acids is 2. The molecule has 2 N–H and O–H groups in total. The molecule has 4 heterocycles. The molecular weight excluding hydrogens is 809 g/mol. The lowest BCUT2D eigenvalue weighted by Gasteiger charge is -2.40. The van der Waals surface area contributed by atoms with E-state index in [0.717, 1.165) is 74.4 Å². The third kappa shape index (κ3) is 10.2. The molecule has 2 fully saturated rings. The molecule has 4 atom stereocenters. The van der Waals surface area contributed by atoms with Gasteiger partial charge in [-0.05, 0) is 124 Å². The maximum absolute atomic E-state index is 11.9. The van der Waals surface area contributed by atoms with Crippen molar-refractivity contribution in [1.29, 1.82) is 0 Å². The Bertz CT molecular complexity index is 2320. The lowest BCUT2D eigenvalue weighted by molar-refractivity contribution is -0.0139. The lowest BCUT2D eigenvalue weighted by Crippen LogP contribution is -2.39. The second-order valence-electron chi connectivity index (χ2n) is 16.7. The number of esters is 2. The Morgan fingerprint density at radius 1 is 0.594 bits per heavy atom. The summed E-state index contributed by atoms with van der Waals surface area (Å²) in [4.78, 5) is 35.5. The fourth-order valence-electron chi connectivity index (χ4n) is 9.70. The molecule has 0 saturated carbocycles. The number of hydrogen-bond acceptors (Lipinski definition) is 10. The van der Waals surface area contributed by atoms with Gasteiger partial charge in [0.2, 0.25) is 0 Å². The first kappa shape index (κ1) is 46.3. The normalized spacial score (nSPS) is 19.2. The molecule has 0 spiro atoms. The van der Waals surface area contributed by atoms with Crippen molar-refractivity contribution in [3.05, 3.63) is 130 Å². The molecule has 2 aliphatic heterocycles. The van der Waals surface area contributed by atoms with Crippen molar-refractivity contribution in [1.82, 2.24) is 19.8 Å². The molecule has 2 aromatic heterocycles. The lowest BCUT2D eigenvalue weighted by atomic mass is 9.91. The van der Waals surface area contributed by atoms with Gasteiger partial charge in [-0.1, -0.05) is 24.3 Å². The highest BCUT2D eigenvalue weighted by molar-refractivity contribution is 5.90. The Kier molecular flexibility index (Phi) is 15.5. The van der Waals surface area contributed by atoms with Crippen molar-refractivity contribution in [2.45, 2.75) is 90.8 Å². The largest absolute Gasteiger partial charge is 0.496 e. The van der Waals surface area contributed by atoms with Crippen LogP contribution in [0.5, 0.6) is 11.5 Å². The predicted molar refractivity (Wildman–Crippen MR) is 250 cm³/mol. The van der Waals surface area contributed by atoms with Crippen molar-refractivity contribution in [3.63, 3.8) is 0 Å². The Labute approximate surface area is 377 Å². The number of nitrogens with one attached hydrogen (secondary N) is 2. The zero-order chi connectivity index (χ0) is 45.3. The molecule has 12 nitrogen and oxygen atoms in total. The van der Waals surface area contributed by atoms with Crippen molar-refractivity contribution in [2.75, 3.05) is 54.7 Å². The molecule has 8 rings (SSSR count). The number of hydrogen-bond donors (Lipinski definition) is 2. The third-order valence-electron chi connectivity index (χ3n) is 13.0. The van der Waals surface area contributed by atoms with Gasteiger partial charge >= 0.3 is 11.9 Å². The van der Waals surface area contributed by atoms with E-state index >= 15 is 0 Å². The predicted octanol–water partition coefficient (Wildman–Crippen LogP) is 10.0. The number of aromatic nitrogens is 2. The smallest absolute Gasteiger partial charge is 0.337 e. The van der Waals surface area contributed by atoms with Crippen LogP contribution in [0.4, 0.5) is 0 Å². The molecule has 0 aliphatic carbocycles. The maximum atomic E-state index is 11.9. The number of nitrogens with zero attached hydrogens (tertiary/aromatic N) is 2. The van der Waals surface area contributed by atoms with Crippen LogP contribution >= 0.6 is 0 Å². The topological polar surface area (TPSA) is 128 Å². The van der Waals surface area contributed by atoms with Crippen LogP contribution in [0.25, 0.3) is 21.8 Å². The second kappa shape index (κ2) is 21.3. The van der Waals surface area contributed by atoms with Crippen LogP contribution in [0.15, 0.2) is 85.2 Å². The fourth-order valence-corrected chi connectivity index (χ4v) is 9.70. The molecule has 0 unspecified atom stereocenters. The van der Waals surface area contributed by atoms with Gasteiger partial charge in [-0.3, -0.25) is 9.80 Å². The zero-order valence-electron chi connectivity index (χ0n) is 38.6. The van der Waals surface area contributed by atoms with Crippen molar-refractivity contribution in [3.8, 4) is 11.5 Å². The van der Waals surface area contributed by atoms with E-state index in [0.29, 0.717) is 24.3 Å². The molecule has 0 radical (unpaired) electrons. The molecule has 64 heavy (non-hydrogen) atoms. The summed E-state index contributed by atoms with van der Waals surface area (Å²) >= 11 is 0. The van der Waals surface area contributed by atoms with E-state index in [1.165, 1.54) is 58.4 Å². The summed E-state index contributed by atoms with van der Waals surface area (Å²) in [7, 11) is 6.28. The van der Waals surface area contributed by atoms with E-state index in [-0.39, 0.29) is 36.2 Å². The summed E-state index contributed by atoms with van der Waals surface area (Å²) in [6.45, 7) is 13.1. The minimum atomic E-state index is -0.316. The average Bonchev–Trinajstić information content (AvgIpc) is 4.04. The number of H-pyrrole nitrogens is 2. The van der Waals surface area contributed by atoms with E-state index < -0.39 is 0 Å². The molecule has 340 valence electrons. The summed E-state index contributed by atoms with van der Waals surface area (Å²) in [5.41, 5.74) is 10.5. The van der Waals surface area contributed by atoms with Gasteiger partial charge in [0.25, 0.3) is 0 Å². The van der Waals surface area contributed by atoms with Gasteiger partial charge < -0.3 is 38.4 Å². The molecule has 12 heteroatoms. The van der Waals surface area contributed by atoms with Crippen LogP contribution in [0.1, 0.15) is 106 Å². The fraction of sp³-hybridized carbons (Fsp3) is 0.423. The quantitative estimate of drug-likeness (QED) is 0.102. The van der Waals surface area contributed by atoms with Crippen molar-refractivity contribution < 1.29 is 38.0 Å². The van der Waals surface area contributed by atoms with E-state index in [4.69, 9.17) is 28.4 Å². The van der Waals surface area contributed by atoms with Gasteiger partial charge in [0.15, 0.2) is 0 Å². The van der Waals surface area contributed by atoms with Gasteiger partial charge in [0.05, 0.1) is 51.8 Å². The maximum Gasteiger partial charge on any atom is 0.337 e. The summed E-state index contributed by atoms with van der Waals surface area (Å²) in [6, 6.07) is 24.4. The number of benzene rings is 4. The molecule has 0 bridgehead atoms. The van der Waals surface area contributed by atoms with E-state index in [2.05, 4.69) is 57.9 Å². The number of methoxy groups -OCH3 is 4. The van der Waals surface area contributed by atoms with Crippen molar-refractivity contribution in [2.24, 2.45) is 0 Å². The van der Waals surface area contributed by atoms with Crippen LogP contribution in [-0.2, 0) is 32.0 Å². The summed E-state index contributed by atoms with van der Waals surface area (Å²) in [6.07, 6.45) is 8.26. The highest BCUT2D eigenvalue weighted by Crippen LogP contribution is 2.40. The highest BCUT2D eigenvalue weighted by atomic mass is 16.5. The van der Waals surface area contributed by atoms with Gasteiger partial charge in [0.1, 0.15) is 11.5 Å². The number of fused-ring (bicyclic) bond motifs is 2. The Morgan fingerprint density at radius 3 is 1.33 bits per heavy atom. The van der Waals surface area contributed by atoms with Crippen LogP contribution in [0.2, 0.25) is 0 Å². The second-order valence-corrected chi connectivity index (χ2v) is 16.7. The average molecular weight is 873 g/mol. The van der Waals surface area contributed by atoms with Crippen LogP contribution < -0.4 is 9.47 Å². The highest BCUT2D eigenvalue weighted by Gasteiger charge is 2.33. The molecular formula is C52H64N4O8. The van der Waals surface area contributed by atoms with E-state index in [9.17, 15) is 9.59 Å². The summed E-state index contributed by atoms with van der Waals surface area (Å²) in [5.74, 6) is 1.20. The zero-order valence-corrected chi connectivity index (χ0v) is 38.6. The first-order chi connectivity index (χ1) is 31.1. The Morgan fingerprint density at radius 2 is 0.984 bits per heavy atom. The Hall–Kier alpha value is -5.66. The number of ether oxygens (including phenoxy) is 6. The first-order valence-electron chi connectivity index (χ1n) is 22.5. The number of aryl methyl sites for hydroxylation is 2. The van der Waals surface area contributed by atoms with E-state index in [1.54, 1.807) is 14.2 Å². The monoisotopic (exact) mass is 872 g/mol. The van der Waals surface area contributed by atoms with Gasteiger partial charge in [-0.15, -0.1) is 0 Å². The standard InChI is InChI=1S/2C26H32N2O4/c2*1-5-32-20-11-13-28(23(15-20)18-6-8-19(9-7-18)26(29)31-4)16-22-21-10-12-27-25(21)17(2)14-24(22)30-3/h2*6-10,12,14,20,23,27H,5,11,13,15-16H2,1-4H3/t2*20-,23-/m10/s1. The number of carbonyl (C=O) groups is 2. The summed E-state index contributed by atoms with van der Waals surface area (Å²) < 4.78 is 33.3. The summed E-state index contributed by atoms with van der Waals surface area (Å²) in [5, 5.41) is 2.40. The van der Waals surface area contributed by atoms with Gasteiger partial charge in [-0.25, -0.2) is 9.59 Å². The molecule has 2 saturated heterocycles. The third-order valence-corrected chi connectivity index (χ3v) is 13.0. The minimum Gasteiger partial charge on any atom is -0.496 e. The number of likely N-dealkylation sites (tertiary alicyclic amines) is 2. The Balaban J connectivity index is 0.000000191. The minimum absolute atomic E-state index is 0.187. The molecule has 0 amide bonds. The van der Waals surface area contributed by atoms with Crippen molar-refractivity contribution >= 4 is 33.7 Å². The number of piperidine rings is 2. The van der Waals surface area contributed by atoms with Crippen LogP contribution in [0.3, 0.4) is 0 Å². The van der Waals surface area contributed by atoms with E-state index in [1.807, 2.05) is 74.8 Å². The molecule has 2 aliphatic rings.